The van der Waals surface area contributed by atoms with E-state index in [1.54, 1.807) is 0 Å². The molecule has 0 saturated carbocycles. The number of unbranched alkanes of at least 4 members (excludes halogenated alkanes) is 1. The Bertz CT molecular complexity index is 1250. The third-order valence-corrected chi connectivity index (χ3v) is 6.36. The maximum Gasteiger partial charge on any atom is 0.430 e. The molecule has 0 aliphatic heterocycles. The van der Waals surface area contributed by atoms with Crippen LogP contribution in [0.2, 0.25) is 0 Å². The fraction of sp³-hybridized carbons (Fsp3) is 0.265. The van der Waals surface area contributed by atoms with Crippen LogP contribution in [0.3, 0.4) is 0 Å². The third kappa shape index (κ3) is 13.0. The average Bonchev–Trinajstić information content (AvgIpc) is 3.01. The van der Waals surface area contributed by atoms with Crippen molar-refractivity contribution in [3.05, 3.63) is 131 Å². The van der Waals surface area contributed by atoms with Crippen molar-refractivity contribution < 1.29 is 38.3 Å². The lowest BCUT2D eigenvalue weighted by Gasteiger charge is -2.23. The maximum absolute atomic E-state index is 10.5. The van der Waals surface area contributed by atoms with Crippen LogP contribution in [0.25, 0.3) is 0 Å². The first kappa shape index (κ1) is 33.2. The highest BCUT2D eigenvalue weighted by molar-refractivity contribution is 5.70. The molecule has 0 amide bonds. The number of benzene rings is 4. The van der Waals surface area contributed by atoms with Crippen molar-refractivity contribution in [3.63, 3.8) is 0 Å². The molecule has 0 fully saturated rings. The van der Waals surface area contributed by atoms with Crippen molar-refractivity contribution in [2.45, 2.75) is 45.3 Å². The Morgan fingerprint density at radius 2 is 1.05 bits per heavy atom. The number of quaternary nitrogens is 1. The Balaban J connectivity index is 0.000000646. The summed E-state index contributed by atoms with van der Waals surface area (Å²) in [6.07, 6.45) is -2.89. The molecule has 0 unspecified atom stereocenters. The summed E-state index contributed by atoms with van der Waals surface area (Å²) in [6, 6.07) is 37.5. The number of ether oxygens (including phenoxy) is 2. The van der Waals surface area contributed by atoms with Crippen molar-refractivity contribution in [2.75, 3.05) is 13.1 Å². The fourth-order valence-electron chi connectivity index (χ4n) is 4.11. The van der Waals surface area contributed by atoms with Crippen molar-refractivity contribution in [2.24, 2.45) is 0 Å². The first-order valence-corrected chi connectivity index (χ1v) is 14.0. The molecule has 0 aliphatic carbocycles. The summed E-state index contributed by atoms with van der Waals surface area (Å²) in [5.74, 6) is -1.21. The molecule has 43 heavy (non-hydrogen) atoms. The monoisotopic (exact) mass is 594 g/mol. The van der Waals surface area contributed by atoms with Crippen LogP contribution in [0.15, 0.2) is 109 Å². The van der Waals surface area contributed by atoms with Gasteiger partial charge in [0.1, 0.15) is 30.7 Å². The molecule has 4 rings (SSSR count). The number of aliphatic carboxylic acids is 1. The molecule has 4 aromatic rings. The van der Waals surface area contributed by atoms with Gasteiger partial charge in [-0.05, 0) is 65.9 Å². The number of nitrogens with zero attached hydrogens (tertiary/aromatic N) is 1. The minimum atomic E-state index is -5.19. The first-order chi connectivity index (χ1) is 20.7. The van der Waals surface area contributed by atoms with Crippen molar-refractivity contribution in [3.8, 4) is 11.5 Å². The van der Waals surface area contributed by atoms with Gasteiger partial charge < -0.3 is 25.1 Å². The van der Waals surface area contributed by atoms with E-state index in [9.17, 15) is 13.2 Å². The summed E-state index contributed by atoms with van der Waals surface area (Å²) in [4.78, 5) is 11.3. The molecule has 3 N–H and O–H groups in total. The quantitative estimate of drug-likeness (QED) is 0.204. The highest BCUT2D eigenvalue weighted by Gasteiger charge is 2.28. The van der Waals surface area contributed by atoms with Crippen molar-refractivity contribution in [1.82, 2.24) is 4.90 Å². The van der Waals surface area contributed by atoms with Crippen LogP contribution in [0.5, 0.6) is 11.5 Å². The Morgan fingerprint density at radius 1 is 0.651 bits per heavy atom. The van der Waals surface area contributed by atoms with Gasteiger partial charge in [-0.3, -0.25) is 4.90 Å². The molecular weight excluding hydrogens is 557 g/mol. The molecular formula is C34H37F3N2O4. The molecule has 4 aromatic carbocycles. The summed E-state index contributed by atoms with van der Waals surface area (Å²) < 4.78 is 43.5. The number of halogens is 3. The van der Waals surface area contributed by atoms with Crippen LogP contribution in [-0.4, -0.2) is 30.1 Å². The van der Waals surface area contributed by atoms with Crippen molar-refractivity contribution >= 4 is 5.97 Å². The lowest BCUT2D eigenvalue weighted by Crippen LogP contribution is -2.50. The lowest BCUT2D eigenvalue weighted by molar-refractivity contribution is -0.368. The van der Waals surface area contributed by atoms with E-state index in [2.05, 4.69) is 83.4 Å². The van der Waals surface area contributed by atoms with E-state index in [1.165, 1.54) is 22.3 Å². The molecule has 0 spiro atoms. The van der Waals surface area contributed by atoms with E-state index >= 15 is 0 Å². The average molecular weight is 595 g/mol. The van der Waals surface area contributed by atoms with Crippen LogP contribution in [0.4, 0.5) is 13.2 Å². The number of carbonyl (C=O) groups is 1. The minimum absolute atomic E-state index is 0.586. The number of rotatable bonds is 14. The van der Waals surface area contributed by atoms with Crippen LogP contribution in [0, 0.1) is 0 Å². The first-order valence-electron chi connectivity index (χ1n) is 14.0. The zero-order valence-electron chi connectivity index (χ0n) is 24.0. The lowest BCUT2D eigenvalue weighted by atomic mass is 10.1. The van der Waals surface area contributed by atoms with E-state index in [-0.39, 0.29) is 0 Å². The summed E-state index contributed by atoms with van der Waals surface area (Å²) in [5, 5.41) is 8.78. The number of hydrogen-bond acceptors (Lipinski definition) is 5. The Hall–Kier alpha value is -4.34. The molecule has 0 heterocycles. The molecule has 0 saturated heterocycles. The summed E-state index contributed by atoms with van der Waals surface area (Å²) in [5.41, 5.74) is 8.94. The number of carboxylic acids is 1. The van der Waals surface area contributed by atoms with E-state index in [4.69, 9.17) is 19.4 Å². The molecule has 0 aliphatic rings. The van der Waals surface area contributed by atoms with Gasteiger partial charge >= 0.3 is 6.18 Å². The van der Waals surface area contributed by atoms with Gasteiger partial charge in [-0.25, -0.2) is 0 Å². The largest absolute Gasteiger partial charge is 0.542 e. The fourth-order valence-corrected chi connectivity index (χ4v) is 4.11. The van der Waals surface area contributed by atoms with E-state index in [0.29, 0.717) is 13.2 Å². The molecule has 228 valence electrons. The number of carbonyl (C=O) groups excluding carboxylic acids is 1. The number of alkyl halides is 3. The number of hydrogen-bond donors (Lipinski definition) is 1. The Morgan fingerprint density at radius 3 is 1.40 bits per heavy atom. The van der Waals surface area contributed by atoms with Gasteiger partial charge in [0.15, 0.2) is 0 Å². The normalized spacial score (nSPS) is 11.0. The predicted molar refractivity (Wildman–Crippen MR) is 157 cm³/mol. The standard InChI is InChI=1S/C32H36N2O2.C2HF3O2/c33-21-7-8-22-34(23-27-13-17-31(18-14-27)35-25-29-9-3-1-4-10-29)24-28-15-19-32(20-16-28)36-26-30-11-5-2-6-12-30;3-2(4,5)1(6)7/h1-6,9-20H,7-8,21-26,33H2;(H,6,7). The molecule has 6 nitrogen and oxygen atoms in total. The highest BCUT2D eigenvalue weighted by Crippen LogP contribution is 2.19. The van der Waals surface area contributed by atoms with Gasteiger partial charge in [0.25, 0.3) is 0 Å². The van der Waals surface area contributed by atoms with Gasteiger partial charge in [-0.1, -0.05) is 84.9 Å². The Kier molecular flexibility index (Phi) is 13.6. The van der Waals surface area contributed by atoms with E-state index in [1.807, 2.05) is 36.4 Å². The second kappa shape index (κ2) is 17.6. The Labute approximate surface area is 250 Å². The molecule has 0 atom stereocenters. The molecule has 0 bridgehead atoms. The van der Waals surface area contributed by atoms with Gasteiger partial charge in [0.2, 0.25) is 0 Å². The molecule has 0 radical (unpaired) electrons. The van der Waals surface area contributed by atoms with Crippen LogP contribution < -0.4 is 20.3 Å². The highest BCUT2D eigenvalue weighted by atomic mass is 19.4. The summed E-state index contributed by atoms with van der Waals surface area (Å²) in [6.45, 7) is 5.01. The van der Waals surface area contributed by atoms with Crippen LogP contribution in [0.1, 0.15) is 35.1 Å². The van der Waals surface area contributed by atoms with Crippen LogP contribution >= 0.6 is 0 Å². The third-order valence-electron chi connectivity index (χ3n) is 6.36. The van der Waals surface area contributed by atoms with E-state index in [0.717, 1.165) is 50.5 Å². The topological polar surface area (TPSA) is 89.5 Å². The van der Waals surface area contributed by atoms with Gasteiger partial charge in [-0.15, -0.1) is 0 Å². The number of carboxylic acid groups (broad SMARTS) is 1. The zero-order valence-corrected chi connectivity index (χ0v) is 24.0. The summed E-state index contributed by atoms with van der Waals surface area (Å²) in [7, 11) is 0. The van der Waals surface area contributed by atoms with Gasteiger partial charge in [0, 0.05) is 13.1 Å². The zero-order chi connectivity index (χ0) is 30.9. The maximum atomic E-state index is 10.5. The second-order valence-corrected chi connectivity index (χ2v) is 9.89. The second-order valence-electron chi connectivity index (χ2n) is 9.89. The molecule has 0 aromatic heterocycles. The van der Waals surface area contributed by atoms with Gasteiger partial charge in [0.05, 0.1) is 6.54 Å². The van der Waals surface area contributed by atoms with Crippen molar-refractivity contribution in [1.29, 1.82) is 0 Å². The van der Waals surface area contributed by atoms with E-state index < -0.39 is 12.1 Å². The SMILES string of the molecule is O=C([O-])C(F)(F)F.[NH3+]CCCCN(Cc1ccc(OCc2ccccc2)cc1)Cc1ccc(OCc2ccccc2)cc1. The predicted octanol–water partition coefficient (Wildman–Crippen LogP) is 5.17. The smallest absolute Gasteiger partial charge is 0.430 e. The van der Waals surface area contributed by atoms with Gasteiger partial charge in [-0.2, -0.15) is 13.2 Å². The summed E-state index contributed by atoms with van der Waals surface area (Å²) >= 11 is 0. The molecule has 9 heteroatoms. The van der Waals surface area contributed by atoms with Crippen LogP contribution in [-0.2, 0) is 31.1 Å². The minimum Gasteiger partial charge on any atom is -0.542 e.